The summed E-state index contributed by atoms with van der Waals surface area (Å²) in [5, 5.41) is 22.1. The standard InChI is InChI=1S/C27H20BrN3O9/c1-2-39-22-13-16(12-21(28)23(22)40-14-15-3-5-17(6-4-15)26(34)35)11-20-24(32)29-27(36)30(25(20)33)18-7-9-19(10-8-18)31(37)38/h3-13H,2,14H2,1H3,(H,34,35)(H,29,32,36)/b20-11+. The first kappa shape index (κ1) is 28.0. The molecule has 4 amide bonds. The number of hydrogen-bond donors (Lipinski definition) is 2. The van der Waals surface area contributed by atoms with Crippen LogP contribution in [-0.4, -0.2) is 40.5 Å². The van der Waals surface area contributed by atoms with Gasteiger partial charge >= 0.3 is 12.0 Å². The van der Waals surface area contributed by atoms with E-state index in [0.29, 0.717) is 32.0 Å². The number of amides is 4. The van der Waals surface area contributed by atoms with Crippen molar-refractivity contribution in [1.82, 2.24) is 5.32 Å². The number of nitrogens with one attached hydrogen (secondary N) is 1. The average Bonchev–Trinajstić information content (AvgIpc) is 2.91. The third-order valence-corrected chi connectivity index (χ3v) is 6.24. The Hall–Kier alpha value is -5.04. The molecule has 0 aliphatic carbocycles. The number of non-ortho nitro benzene ring substituents is 1. The number of rotatable bonds is 9. The number of carboxylic acids is 1. The number of barbiturate groups is 1. The summed E-state index contributed by atoms with van der Waals surface area (Å²) >= 11 is 3.43. The maximum Gasteiger partial charge on any atom is 0.335 e. The molecular weight excluding hydrogens is 590 g/mol. The zero-order valence-corrected chi connectivity index (χ0v) is 22.3. The van der Waals surface area contributed by atoms with Gasteiger partial charge in [0.2, 0.25) is 0 Å². The molecule has 1 fully saturated rings. The molecule has 0 unspecified atom stereocenters. The monoisotopic (exact) mass is 609 g/mol. The van der Waals surface area contributed by atoms with Crippen LogP contribution in [0.5, 0.6) is 11.5 Å². The number of benzene rings is 3. The lowest BCUT2D eigenvalue weighted by molar-refractivity contribution is -0.384. The molecule has 2 N–H and O–H groups in total. The Labute approximate surface area is 235 Å². The van der Waals surface area contributed by atoms with Gasteiger partial charge in [-0.3, -0.25) is 25.0 Å². The van der Waals surface area contributed by atoms with Crippen LogP contribution in [0.15, 0.2) is 70.7 Å². The van der Waals surface area contributed by atoms with Crippen LogP contribution >= 0.6 is 15.9 Å². The number of ether oxygens (including phenoxy) is 2. The van der Waals surface area contributed by atoms with Gasteiger partial charge in [-0.2, -0.15) is 0 Å². The Balaban J connectivity index is 1.62. The van der Waals surface area contributed by atoms with E-state index < -0.39 is 28.7 Å². The van der Waals surface area contributed by atoms with E-state index in [4.69, 9.17) is 14.6 Å². The van der Waals surface area contributed by atoms with Crippen molar-refractivity contribution in [2.24, 2.45) is 0 Å². The van der Waals surface area contributed by atoms with Crippen LogP contribution in [0.3, 0.4) is 0 Å². The maximum atomic E-state index is 13.2. The minimum absolute atomic E-state index is 0.0443. The van der Waals surface area contributed by atoms with Crippen LogP contribution in [0.1, 0.15) is 28.4 Å². The molecule has 1 saturated heterocycles. The van der Waals surface area contributed by atoms with Crippen molar-refractivity contribution in [2.75, 3.05) is 11.5 Å². The van der Waals surface area contributed by atoms with Gasteiger partial charge in [-0.25, -0.2) is 14.5 Å². The van der Waals surface area contributed by atoms with E-state index >= 15 is 0 Å². The van der Waals surface area contributed by atoms with E-state index in [1.165, 1.54) is 30.3 Å². The molecule has 0 radical (unpaired) electrons. The number of hydrogen-bond acceptors (Lipinski definition) is 8. The number of nitro benzene ring substituents is 1. The predicted molar refractivity (Wildman–Crippen MR) is 145 cm³/mol. The van der Waals surface area contributed by atoms with E-state index in [1.54, 1.807) is 31.2 Å². The van der Waals surface area contributed by atoms with Crippen molar-refractivity contribution in [2.45, 2.75) is 13.5 Å². The Kier molecular flexibility index (Phi) is 8.24. The second kappa shape index (κ2) is 11.8. The van der Waals surface area contributed by atoms with E-state index in [9.17, 15) is 29.3 Å². The van der Waals surface area contributed by atoms with Gasteiger partial charge in [0.05, 0.1) is 27.3 Å². The third-order valence-electron chi connectivity index (χ3n) is 5.65. The SMILES string of the molecule is CCOc1cc(/C=C2\C(=O)NC(=O)N(c3ccc([N+](=O)[O-])cc3)C2=O)cc(Br)c1OCc1ccc(C(=O)O)cc1. The summed E-state index contributed by atoms with van der Waals surface area (Å²) in [6.45, 7) is 2.14. The summed E-state index contributed by atoms with van der Waals surface area (Å²) in [4.78, 5) is 60.3. The Morgan fingerprint density at radius 1 is 1.07 bits per heavy atom. The van der Waals surface area contributed by atoms with E-state index in [-0.39, 0.29) is 35.7 Å². The lowest BCUT2D eigenvalue weighted by atomic mass is 10.1. The molecule has 1 aliphatic heterocycles. The summed E-state index contributed by atoms with van der Waals surface area (Å²) in [6.07, 6.45) is 1.28. The number of aromatic carboxylic acids is 1. The molecule has 0 aromatic heterocycles. The molecule has 12 nitrogen and oxygen atoms in total. The number of imide groups is 2. The van der Waals surface area contributed by atoms with Crippen molar-refractivity contribution < 1.29 is 38.7 Å². The van der Waals surface area contributed by atoms with Gasteiger partial charge in [0, 0.05) is 12.1 Å². The Morgan fingerprint density at radius 2 is 1.75 bits per heavy atom. The van der Waals surface area contributed by atoms with Crippen molar-refractivity contribution in [3.8, 4) is 11.5 Å². The number of anilines is 1. The Bertz CT molecular complexity index is 1550. The molecule has 0 bridgehead atoms. The molecule has 3 aromatic rings. The number of carbonyl (C=O) groups excluding carboxylic acids is 3. The number of carboxylic acid groups (broad SMARTS) is 1. The van der Waals surface area contributed by atoms with Crippen LogP contribution in [-0.2, 0) is 16.2 Å². The maximum absolute atomic E-state index is 13.2. The second-order valence-corrected chi connectivity index (χ2v) is 9.14. The largest absolute Gasteiger partial charge is 0.490 e. The minimum atomic E-state index is -1.04. The van der Waals surface area contributed by atoms with E-state index in [1.807, 2.05) is 0 Å². The van der Waals surface area contributed by atoms with Crippen LogP contribution in [0.4, 0.5) is 16.2 Å². The fraction of sp³-hybridized carbons (Fsp3) is 0.111. The van der Waals surface area contributed by atoms with Crippen LogP contribution in [0.25, 0.3) is 6.08 Å². The summed E-state index contributed by atoms with van der Waals surface area (Å²) in [5.41, 5.74) is 0.708. The quantitative estimate of drug-likeness (QED) is 0.151. The summed E-state index contributed by atoms with van der Waals surface area (Å²) < 4.78 is 12.1. The van der Waals surface area contributed by atoms with Gasteiger partial charge < -0.3 is 14.6 Å². The Morgan fingerprint density at radius 3 is 2.35 bits per heavy atom. The van der Waals surface area contributed by atoms with E-state index in [0.717, 1.165) is 12.1 Å². The molecule has 1 aliphatic rings. The van der Waals surface area contributed by atoms with Crippen LogP contribution in [0, 0.1) is 10.1 Å². The molecule has 0 saturated carbocycles. The van der Waals surface area contributed by atoms with Crippen molar-refractivity contribution in [3.05, 3.63) is 97.5 Å². The highest BCUT2D eigenvalue weighted by atomic mass is 79.9. The van der Waals surface area contributed by atoms with Gasteiger partial charge in [0.1, 0.15) is 12.2 Å². The number of nitro groups is 1. The molecule has 0 spiro atoms. The highest BCUT2D eigenvalue weighted by Crippen LogP contribution is 2.38. The lowest BCUT2D eigenvalue weighted by Gasteiger charge is -2.26. The molecule has 1 heterocycles. The van der Waals surface area contributed by atoms with Crippen LogP contribution in [0.2, 0.25) is 0 Å². The fourth-order valence-corrected chi connectivity index (χ4v) is 4.33. The minimum Gasteiger partial charge on any atom is -0.490 e. The van der Waals surface area contributed by atoms with Gasteiger partial charge in [-0.1, -0.05) is 12.1 Å². The smallest absolute Gasteiger partial charge is 0.335 e. The zero-order valence-electron chi connectivity index (χ0n) is 20.8. The fourth-order valence-electron chi connectivity index (χ4n) is 3.76. The molecule has 13 heteroatoms. The van der Waals surface area contributed by atoms with Crippen molar-refractivity contribution in [1.29, 1.82) is 0 Å². The third kappa shape index (κ3) is 5.99. The zero-order chi connectivity index (χ0) is 29.0. The topological polar surface area (TPSA) is 165 Å². The highest BCUT2D eigenvalue weighted by molar-refractivity contribution is 9.10. The second-order valence-electron chi connectivity index (χ2n) is 8.29. The molecule has 40 heavy (non-hydrogen) atoms. The van der Waals surface area contributed by atoms with Crippen molar-refractivity contribution in [3.63, 3.8) is 0 Å². The number of nitrogens with zero attached hydrogens (tertiary/aromatic N) is 2. The molecule has 204 valence electrons. The number of carbonyl (C=O) groups is 4. The normalized spacial score (nSPS) is 14.2. The summed E-state index contributed by atoms with van der Waals surface area (Å²) in [6, 6.07) is 13.1. The van der Waals surface area contributed by atoms with E-state index in [2.05, 4.69) is 21.2 Å². The first-order chi connectivity index (χ1) is 19.1. The first-order valence-electron chi connectivity index (χ1n) is 11.7. The highest BCUT2D eigenvalue weighted by Gasteiger charge is 2.37. The average molecular weight is 610 g/mol. The van der Waals surface area contributed by atoms with Gasteiger partial charge in [0.15, 0.2) is 11.5 Å². The predicted octanol–water partition coefficient (Wildman–Crippen LogP) is 4.70. The van der Waals surface area contributed by atoms with Crippen LogP contribution < -0.4 is 19.7 Å². The van der Waals surface area contributed by atoms with Crippen molar-refractivity contribution >= 4 is 57.2 Å². The summed E-state index contributed by atoms with van der Waals surface area (Å²) in [5.74, 6) is -2.22. The molecular formula is C27H20BrN3O9. The summed E-state index contributed by atoms with van der Waals surface area (Å²) in [7, 11) is 0. The van der Waals surface area contributed by atoms with Gasteiger partial charge in [-0.05, 0) is 76.5 Å². The van der Waals surface area contributed by atoms with Gasteiger partial charge in [0.25, 0.3) is 17.5 Å². The molecule has 4 rings (SSSR count). The molecule has 0 atom stereocenters. The first-order valence-corrected chi connectivity index (χ1v) is 12.5. The lowest BCUT2D eigenvalue weighted by Crippen LogP contribution is -2.54. The van der Waals surface area contributed by atoms with Gasteiger partial charge in [-0.15, -0.1) is 0 Å². The number of urea groups is 1. The molecule has 3 aromatic carbocycles. The number of halogens is 1.